The van der Waals surface area contributed by atoms with Gasteiger partial charge < -0.3 is 14.6 Å². The molecule has 1 rings (SSSR count). The molecular formula is C14H18O4. The van der Waals surface area contributed by atoms with Crippen LogP contribution < -0.4 is 0 Å². The quantitative estimate of drug-likeness (QED) is 0.479. The summed E-state index contributed by atoms with van der Waals surface area (Å²) in [6.07, 6.45) is 2.23. The molecule has 0 unspecified atom stereocenters. The SMILES string of the molecule is CCCOC(=O)C(=Cc1ccccc1O)OCC. The number of aromatic hydroxyl groups is 1. The molecule has 0 saturated heterocycles. The third-order valence-corrected chi connectivity index (χ3v) is 2.16. The molecule has 4 nitrogen and oxygen atoms in total. The molecule has 0 aliphatic heterocycles. The Labute approximate surface area is 107 Å². The van der Waals surface area contributed by atoms with Crippen LogP contribution in [0.4, 0.5) is 0 Å². The molecule has 1 N–H and O–H groups in total. The van der Waals surface area contributed by atoms with Gasteiger partial charge in [-0.15, -0.1) is 0 Å². The lowest BCUT2D eigenvalue weighted by Crippen LogP contribution is -2.11. The third kappa shape index (κ3) is 4.13. The van der Waals surface area contributed by atoms with Crippen LogP contribution in [-0.4, -0.2) is 24.3 Å². The third-order valence-electron chi connectivity index (χ3n) is 2.16. The highest BCUT2D eigenvalue weighted by Crippen LogP contribution is 2.19. The molecule has 0 fully saturated rings. The van der Waals surface area contributed by atoms with E-state index in [0.717, 1.165) is 6.42 Å². The minimum absolute atomic E-state index is 0.0954. The fraction of sp³-hybridized carbons (Fsp3) is 0.357. The number of esters is 1. The number of phenolic OH excluding ortho intramolecular Hbond substituents is 1. The summed E-state index contributed by atoms with van der Waals surface area (Å²) in [6, 6.07) is 6.73. The van der Waals surface area contributed by atoms with Crippen LogP contribution in [0.15, 0.2) is 30.0 Å². The number of carbonyl (C=O) groups excluding carboxylic acids is 1. The Balaban J connectivity index is 2.90. The van der Waals surface area contributed by atoms with Crippen LogP contribution in [-0.2, 0) is 14.3 Å². The minimum Gasteiger partial charge on any atom is -0.507 e. The molecular weight excluding hydrogens is 232 g/mol. The molecule has 0 aliphatic rings. The maximum atomic E-state index is 11.7. The lowest BCUT2D eigenvalue weighted by molar-refractivity contribution is -0.142. The Hall–Kier alpha value is -1.97. The normalized spacial score (nSPS) is 11.1. The van der Waals surface area contributed by atoms with Gasteiger partial charge in [0, 0.05) is 5.56 Å². The van der Waals surface area contributed by atoms with Gasteiger partial charge in [-0.1, -0.05) is 25.1 Å². The zero-order valence-electron chi connectivity index (χ0n) is 10.7. The molecule has 0 spiro atoms. The van der Waals surface area contributed by atoms with Crippen LogP contribution in [0.5, 0.6) is 5.75 Å². The smallest absolute Gasteiger partial charge is 0.373 e. The fourth-order valence-electron chi connectivity index (χ4n) is 1.33. The summed E-state index contributed by atoms with van der Waals surface area (Å²) in [5, 5.41) is 9.63. The molecule has 0 amide bonds. The summed E-state index contributed by atoms with van der Waals surface area (Å²) in [6.45, 7) is 4.41. The van der Waals surface area contributed by atoms with Crippen molar-refractivity contribution in [3.63, 3.8) is 0 Å². The van der Waals surface area contributed by atoms with Crippen LogP contribution in [0.2, 0.25) is 0 Å². The second-order valence-electron chi connectivity index (χ2n) is 3.64. The van der Waals surface area contributed by atoms with Crippen LogP contribution in [0.1, 0.15) is 25.8 Å². The fourth-order valence-corrected chi connectivity index (χ4v) is 1.33. The first-order valence-electron chi connectivity index (χ1n) is 5.98. The standard InChI is InChI=1S/C14H18O4/c1-3-9-18-14(16)13(17-4-2)10-11-7-5-6-8-12(11)15/h5-8,10,15H,3-4,9H2,1-2H3. The summed E-state index contributed by atoms with van der Waals surface area (Å²) < 4.78 is 10.2. The molecule has 0 bridgehead atoms. The van der Waals surface area contributed by atoms with E-state index in [4.69, 9.17) is 9.47 Å². The molecule has 0 aromatic heterocycles. The van der Waals surface area contributed by atoms with Crippen molar-refractivity contribution >= 4 is 12.0 Å². The maximum Gasteiger partial charge on any atom is 0.373 e. The first-order valence-corrected chi connectivity index (χ1v) is 5.98. The first kappa shape index (κ1) is 14.1. The van der Waals surface area contributed by atoms with E-state index in [2.05, 4.69) is 0 Å². The zero-order valence-corrected chi connectivity index (χ0v) is 10.7. The van der Waals surface area contributed by atoms with Gasteiger partial charge in [0.15, 0.2) is 0 Å². The lowest BCUT2D eigenvalue weighted by atomic mass is 10.2. The van der Waals surface area contributed by atoms with Crippen LogP contribution in [0, 0.1) is 0 Å². The second-order valence-corrected chi connectivity index (χ2v) is 3.64. The topological polar surface area (TPSA) is 55.8 Å². The zero-order chi connectivity index (χ0) is 13.4. The van der Waals surface area contributed by atoms with Gasteiger partial charge in [-0.2, -0.15) is 0 Å². The number of benzene rings is 1. The summed E-state index contributed by atoms with van der Waals surface area (Å²) in [5.74, 6) is -0.313. The van der Waals surface area contributed by atoms with Crippen molar-refractivity contribution in [1.29, 1.82) is 0 Å². The number of hydrogen-bond acceptors (Lipinski definition) is 4. The number of rotatable bonds is 6. The molecule has 0 saturated carbocycles. The van der Waals surface area contributed by atoms with Crippen molar-refractivity contribution in [3.05, 3.63) is 35.6 Å². The Kier molecular flexibility index (Phi) is 5.77. The largest absolute Gasteiger partial charge is 0.507 e. The van der Waals surface area contributed by atoms with E-state index in [1.165, 1.54) is 6.08 Å². The van der Waals surface area contributed by atoms with E-state index in [1.54, 1.807) is 31.2 Å². The molecule has 0 aliphatic carbocycles. The van der Waals surface area contributed by atoms with E-state index in [0.29, 0.717) is 18.8 Å². The number of para-hydroxylation sites is 1. The Morgan fingerprint density at radius 3 is 2.61 bits per heavy atom. The highest BCUT2D eigenvalue weighted by atomic mass is 16.6. The Morgan fingerprint density at radius 1 is 1.28 bits per heavy atom. The van der Waals surface area contributed by atoms with E-state index in [9.17, 15) is 9.90 Å². The molecule has 1 aromatic carbocycles. The Bertz CT molecular complexity index is 424. The van der Waals surface area contributed by atoms with Crippen molar-refractivity contribution in [2.24, 2.45) is 0 Å². The van der Waals surface area contributed by atoms with E-state index in [-0.39, 0.29) is 11.5 Å². The van der Waals surface area contributed by atoms with Crippen LogP contribution in [0.25, 0.3) is 6.08 Å². The van der Waals surface area contributed by atoms with Crippen LogP contribution in [0.3, 0.4) is 0 Å². The number of carbonyl (C=O) groups is 1. The molecule has 4 heteroatoms. The predicted molar refractivity (Wildman–Crippen MR) is 69.0 cm³/mol. The van der Waals surface area contributed by atoms with Crippen molar-refractivity contribution < 1.29 is 19.4 Å². The molecule has 0 atom stereocenters. The van der Waals surface area contributed by atoms with Gasteiger partial charge in [0.1, 0.15) is 5.75 Å². The number of hydrogen-bond donors (Lipinski definition) is 1. The van der Waals surface area contributed by atoms with Gasteiger partial charge in [0.2, 0.25) is 5.76 Å². The van der Waals surface area contributed by atoms with Gasteiger partial charge in [-0.25, -0.2) is 4.79 Å². The molecule has 98 valence electrons. The van der Waals surface area contributed by atoms with Crippen molar-refractivity contribution in [2.45, 2.75) is 20.3 Å². The van der Waals surface area contributed by atoms with Gasteiger partial charge in [-0.3, -0.25) is 0 Å². The molecule has 1 aromatic rings. The summed E-state index contributed by atoms with van der Waals surface area (Å²) >= 11 is 0. The second kappa shape index (κ2) is 7.37. The predicted octanol–water partition coefficient (Wildman–Crippen LogP) is 2.72. The molecule has 0 radical (unpaired) electrons. The van der Waals surface area contributed by atoms with E-state index >= 15 is 0 Å². The highest BCUT2D eigenvalue weighted by molar-refractivity contribution is 5.91. The molecule has 18 heavy (non-hydrogen) atoms. The van der Waals surface area contributed by atoms with Crippen molar-refractivity contribution in [1.82, 2.24) is 0 Å². The first-order chi connectivity index (χ1) is 8.69. The summed E-state index contributed by atoms with van der Waals surface area (Å²) in [5.41, 5.74) is 0.523. The molecule has 0 heterocycles. The van der Waals surface area contributed by atoms with Crippen molar-refractivity contribution in [2.75, 3.05) is 13.2 Å². The van der Waals surface area contributed by atoms with Gasteiger partial charge >= 0.3 is 5.97 Å². The van der Waals surface area contributed by atoms with E-state index in [1.807, 2.05) is 6.92 Å². The van der Waals surface area contributed by atoms with Crippen LogP contribution >= 0.6 is 0 Å². The average molecular weight is 250 g/mol. The monoisotopic (exact) mass is 250 g/mol. The maximum absolute atomic E-state index is 11.7. The highest BCUT2D eigenvalue weighted by Gasteiger charge is 2.13. The number of phenols is 1. The lowest BCUT2D eigenvalue weighted by Gasteiger charge is -2.08. The average Bonchev–Trinajstić information content (AvgIpc) is 2.38. The van der Waals surface area contributed by atoms with Gasteiger partial charge in [0.05, 0.1) is 13.2 Å². The Morgan fingerprint density at radius 2 is 2.00 bits per heavy atom. The van der Waals surface area contributed by atoms with E-state index < -0.39 is 5.97 Å². The van der Waals surface area contributed by atoms with Gasteiger partial charge in [0.25, 0.3) is 0 Å². The van der Waals surface area contributed by atoms with Gasteiger partial charge in [-0.05, 0) is 25.5 Å². The van der Waals surface area contributed by atoms with Crippen molar-refractivity contribution in [3.8, 4) is 5.75 Å². The summed E-state index contributed by atoms with van der Waals surface area (Å²) in [7, 11) is 0. The number of ether oxygens (including phenoxy) is 2. The minimum atomic E-state index is -0.512. The summed E-state index contributed by atoms with van der Waals surface area (Å²) in [4.78, 5) is 11.7.